The SMILES string of the molecule is Cc1[nH]ncc1-c1nc2ccc(Br)cc2[nH]1. The zero-order valence-electron chi connectivity index (χ0n) is 8.58. The Morgan fingerprint density at radius 3 is 2.94 bits per heavy atom. The van der Waals surface area contributed by atoms with E-state index in [4.69, 9.17) is 0 Å². The van der Waals surface area contributed by atoms with E-state index in [2.05, 4.69) is 36.1 Å². The van der Waals surface area contributed by atoms with Crippen LogP contribution in [0.15, 0.2) is 28.9 Å². The lowest BCUT2D eigenvalue weighted by atomic mass is 10.2. The molecule has 2 heterocycles. The second kappa shape index (κ2) is 3.45. The quantitative estimate of drug-likeness (QED) is 0.718. The summed E-state index contributed by atoms with van der Waals surface area (Å²) in [5, 5.41) is 6.90. The fourth-order valence-electron chi connectivity index (χ4n) is 1.70. The Hall–Kier alpha value is -1.62. The first-order valence-corrected chi connectivity index (χ1v) is 5.69. The summed E-state index contributed by atoms with van der Waals surface area (Å²) in [7, 11) is 0. The first-order chi connectivity index (χ1) is 7.74. The topological polar surface area (TPSA) is 57.4 Å². The van der Waals surface area contributed by atoms with Gasteiger partial charge in [0.05, 0.1) is 22.8 Å². The number of nitrogens with zero attached hydrogens (tertiary/aromatic N) is 2. The molecule has 0 aliphatic carbocycles. The minimum absolute atomic E-state index is 0.847. The maximum absolute atomic E-state index is 4.52. The number of H-pyrrole nitrogens is 2. The van der Waals surface area contributed by atoms with Crippen molar-refractivity contribution in [3.05, 3.63) is 34.6 Å². The summed E-state index contributed by atoms with van der Waals surface area (Å²) in [6.07, 6.45) is 1.78. The summed E-state index contributed by atoms with van der Waals surface area (Å²) < 4.78 is 1.04. The van der Waals surface area contributed by atoms with Crippen molar-refractivity contribution in [3.63, 3.8) is 0 Å². The van der Waals surface area contributed by atoms with Gasteiger partial charge in [-0.1, -0.05) is 15.9 Å². The molecule has 1 aromatic carbocycles. The van der Waals surface area contributed by atoms with Crippen LogP contribution in [0.5, 0.6) is 0 Å². The summed E-state index contributed by atoms with van der Waals surface area (Å²) in [5.41, 5.74) is 3.99. The standard InChI is InChI=1S/C11H9BrN4/c1-6-8(5-13-16-6)11-14-9-3-2-7(12)4-10(9)15-11/h2-5H,1H3,(H,13,16)(H,14,15). The van der Waals surface area contributed by atoms with Gasteiger partial charge in [0.1, 0.15) is 5.82 Å². The molecule has 0 aliphatic heterocycles. The Balaban J connectivity index is 2.23. The number of fused-ring (bicyclic) bond motifs is 1. The number of hydrogen-bond acceptors (Lipinski definition) is 2. The highest BCUT2D eigenvalue weighted by Crippen LogP contribution is 2.23. The molecule has 80 valence electrons. The summed E-state index contributed by atoms with van der Waals surface area (Å²) in [6, 6.07) is 5.98. The van der Waals surface area contributed by atoms with Gasteiger partial charge < -0.3 is 4.98 Å². The second-order valence-electron chi connectivity index (χ2n) is 3.66. The van der Waals surface area contributed by atoms with E-state index < -0.39 is 0 Å². The van der Waals surface area contributed by atoms with Gasteiger partial charge in [0.2, 0.25) is 0 Å². The van der Waals surface area contributed by atoms with Crippen molar-refractivity contribution >= 4 is 27.0 Å². The van der Waals surface area contributed by atoms with Gasteiger partial charge in [-0.05, 0) is 25.1 Å². The van der Waals surface area contributed by atoms with E-state index >= 15 is 0 Å². The van der Waals surface area contributed by atoms with Crippen LogP contribution in [0.25, 0.3) is 22.4 Å². The third-order valence-electron chi connectivity index (χ3n) is 2.53. The van der Waals surface area contributed by atoms with Crippen molar-refractivity contribution in [2.75, 3.05) is 0 Å². The van der Waals surface area contributed by atoms with Gasteiger partial charge in [-0.25, -0.2) is 4.98 Å². The highest BCUT2D eigenvalue weighted by Gasteiger charge is 2.09. The molecular formula is C11H9BrN4. The molecule has 0 saturated heterocycles. The first kappa shape index (κ1) is 9.59. The lowest BCUT2D eigenvalue weighted by Gasteiger charge is -1.90. The predicted octanol–water partition coefficient (Wildman–Crippen LogP) is 3.02. The molecule has 2 aromatic heterocycles. The minimum atomic E-state index is 0.847. The van der Waals surface area contributed by atoms with Crippen LogP contribution in [0.2, 0.25) is 0 Å². The zero-order valence-corrected chi connectivity index (χ0v) is 10.2. The number of aromatic nitrogens is 4. The number of aromatic amines is 2. The van der Waals surface area contributed by atoms with Crippen LogP contribution >= 0.6 is 15.9 Å². The number of nitrogens with one attached hydrogen (secondary N) is 2. The molecule has 0 amide bonds. The molecular weight excluding hydrogens is 268 g/mol. The molecule has 0 saturated carbocycles. The fraction of sp³-hybridized carbons (Fsp3) is 0.0909. The normalized spacial score (nSPS) is 11.1. The Kier molecular flexibility index (Phi) is 2.07. The molecule has 4 nitrogen and oxygen atoms in total. The van der Waals surface area contributed by atoms with Gasteiger partial charge in [-0.15, -0.1) is 0 Å². The molecule has 0 radical (unpaired) electrons. The smallest absolute Gasteiger partial charge is 0.141 e. The Bertz CT molecular complexity index is 653. The van der Waals surface area contributed by atoms with Crippen molar-refractivity contribution in [1.29, 1.82) is 0 Å². The molecule has 0 fully saturated rings. The number of benzene rings is 1. The third-order valence-corrected chi connectivity index (χ3v) is 3.02. The second-order valence-corrected chi connectivity index (χ2v) is 4.57. The van der Waals surface area contributed by atoms with Crippen molar-refractivity contribution in [3.8, 4) is 11.4 Å². The van der Waals surface area contributed by atoms with E-state index in [1.165, 1.54) is 0 Å². The lowest BCUT2D eigenvalue weighted by Crippen LogP contribution is -1.80. The predicted molar refractivity (Wildman–Crippen MR) is 66.1 cm³/mol. The van der Waals surface area contributed by atoms with Crippen molar-refractivity contribution in [2.45, 2.75) is 6.92 Å². The largest absolute Gasteiger partial charge is 0.338 e. The summed E-state index contributed by atoms with van der Waals surface area (Å²) in [6.45, 7) is 1.98. The Morgan fingerprint density at radius 1 is 1.31 bits per heavy atom. The van der Waals surface area contributed by atoms with Gasteiger partial charge in [-0.3, -0.25) is 5.10 Å². The van der Waals surface area contributed by atoms with E-state index in [0.717, 1.165) is 32.6 Å². The Morgan fingerprint density at radius 2 is 2.19 bits per heavy atom. The minimum Gasteiger partial charge on any atom is -0.338 e. The highest BCUT2D eigenvalue weighted by atomic mass is 79.9. The van der Waals surface area contributed by atoms with Gasteiger partial charge in [-0.2, -0.15) is 5.10 Å². The van der Waals surface area contributed by atoms with Crippen LogP contribution in [0.1, 0.15) is 5.69 Å². The fourth-order valence-corrected chi connectivity index (χ4v) is 2.06. The maximum Gasteiger partial charge on any atom is 0.141 e. The van der Waals surface area contributed by atoms with Crippen molar-refractivity contribution in [1.82, 2.24) is 20.2 Å². The van der Waals surface area contributed by atoms with Crippen LogP contribution in [-0.4, -0.2) is 20.2 Å². The molecule has 5 heteroatoms. The number of imidazole rings is 1. The zero-order chi connectivity index (χ0) is 11.1. The number of hydrogen-bond donors (Lipinski definition) is 2. The highest BCUT2D eigenvalue weighted by molar-refractivity contribution is 9.10. The lowest BCUT2D eigenvalue weighted by molar-refractivity contribution is 1.05. The summed E-state index contributed by atoms with van der Waals surface area (Å²) in [5.74, 6) is 0.847. The van der Waals surface area contributed by atoms with E-state index in [9.17, 15) is 0 Å². The monoisotopic (exact) mass is 276 g/mol. The number of halogens is 1. The molecule has 0 bridgehead atoms. The molecule has 2 N–H and O–H groups in total. The van der Waals surface area contributed by atoms with Crippen LogP contribution in [-0.2, 0) is 0 Å². The van der Waals surface area contributed by atoms with Crippen LogP contribution < -0.4 is 0 Å². The van der Waals surface area contributed by atoms with Gasteiger partial charge in [0, 0.05) is 10.2 Å². The molecule has 16 heavy (non-hydrogen) atoms. The molecule has 3 rings (SSSR count). The molecule has 0 spiro atoms. The van der Waals surface area contributed by atoms with E-state index in [1.807, 2.05) is 25.1 Å². The maximum atomic E-state index is 4.52. The van der Waals surface area contributed by atoms with Crippen LogP contribution in [0.3, 0.4) is 0 Å². The Labute approximate surface area is 100 Å². The summed E-state index contributed by atoms with van der Waals surface area (Å²) in [4.78, 5) is 7.80. The number of aryl methyl sites for hydroxylation is 1. The van der Waals surface area contributed by atoms with Gasteiger partial charge >= 0.3 is 0 Å². The van der Waals surface area contributed by atoms with E-state index in [0.29, 0.717) is 0 Å². The van der Waals surface area contributed by atoms with Gasteiger partial charge in [0.15, 0.2) is 0 Å². The van der Waals surface area contributed by atoms with Crippen molar-refractivity contribution in [2.24, 2.45) is 0 Å². The summed E-state index contributed by atoms with van der Waals surface area (Å²) >= 11 is 3.44. The first-order valence-electron chi connectivity index (χ1n) is 4.89. The van der Waals surface area contributed by atoms with Crippen molar-refractivity contribution < 1.29 is 0 Å². The molecule has 0 unspecified atom stereocenters. The van der Waals surface area contributed by atoms with E-state index in [1.54, 1.807) is 6.20 Å². The van der Waals surface area contributed by atoms with Crippen LogP contribution in [0, 0.1) is 6.92 Å². The van der Waals surface area contributed by atoms with E-state index in [-0.39, 0.29) is 0 Å². The van der Waals surface area contributed by atoms with Crippen LogP contribution in [0.4, 0.5) is 0 Å². The molecule has 0 atom stereocenters. The van der Waals surface area contributed by atoms with Gasteiger partial charge in [0.25, 0.3) is 0 Å². The third kappa shape index (κ3) is 1.44. The molecule has 0 aliphatic rings. The number of rotatable bonds is 1. The molecule has 3 aromatic rings. The average Bonchev–Trinajstić information content (AvgIpc) is 2.82. The average molecular weight is 277 g/mol.